The highest BCUT2D eigenvalue weighted by atomic mass is 35.5. The molecule has 0 aliphatic heterocycles. The Bertz CT molecular complexity index is 719. The van der Waals surface area contributed by atoms with Crippen molar-refractivity contribution in [3.05, 3.63) is 52.5 Å². The summed E-state index contributed by atoms with van der Waals surface area (Å²) in [6.45, 7) is 5.27. The second-order valence-electron chi connectivity index (χ2n) is 5.28. The quantitative estimate of drug-likeness (QED) is 0.771. The van der Waals surface area contributed by atoms with E-state index in [0.29, 0.717) is 22.1 Å². The summed E-state index contributed by atoms with van der Waals surface area (Å²) >= 11 is 6.17. The van der Waals surface area contributed by atoms with E-state index >= 15 is 0 Å². The van der Waals surface area contributed by atoms with Crippen molar-refractivity contribution in [2.45, 2.75) is 20.8 Å². The Morgan fingerprint density at radius 3 is 2.00 bits per heavy atom. The van der Waals surface area contributed by atoms with Crippen LogP contribution < -0.4 is 16.0 Å². The van der Waals surface area contributed by atoms with Gasteiger partial charge in [0.15, 0.2) is 0 Å². The number of hydrogen-bond donors (Lipinski definition) is 3. The summed E-state index contributed by atoms with van der Waals surface area (Å²) in [5.74, 6) is -0.145. The largest absolute Gasteiger partial charge is 0.326 e. The average Bonchev–Trinajstić information content (AvgIpc) is 2.44. The first kappa shape index (κ1) is 16.8. The second kappa shape index (κ2) is 7.15. The van der Waals surface area contributed by atoms with Crippen molar-refractivity contribution >= 4 is 40.6 Å². The van der Waals surface area contributed by atoms with Gasteiger partial charge in [0.05, 0.1) is 10.7 Å². The van der Waals surface area contributed by atoms with Crippen molar-refractivity contribution in [2.75, 3.05) is 16.0 Å². The summed E-state index contributed by atoms with van der Waals surface area (Å²) in [4.78, 5) is 23.0. The molecular formula is C17H18ClN3O2. The van der Waals surface area contributed by atoms with Crippen molar-refractivity contribution in [3.63, 3.8) is 0 Å². The van der Waals surface area contributed by atoms with Crippen molar-refractivity contribution in [2.24, 2.45) is 0 Å². The molecule has 0 saturated heterocycles. The smallest absolute Gasteiger partial charge is 0.323 e. The topological polar surface area (TPSA) is 70.2 Å². The number of rotatable bonds is 3. The number of carbonyl (C=O) groups excluding carboxylic acids is 2. The Balaban J connectivity index is 2.04. The lowest BCUT2D eigenvalue weighted by Gasteiger charge is -2.13. The number of anilines is 3. The van der Waals surface area contributed by atoms with Gasteiger partial charge in [-0.3, -0.25) is 4.79 Å². The summed E-state index contributed by atoms with van der Waals surface area (Å²) < 4.78 is 0. The van der Waals surface area contributed by atoms with Crippen LogP contribution in [-0.4, -0.2) is 11.9 Å². The van der Waals surface area contributed by atoms with Gasteiger partial charge in [0.1, 0.15) is 0 Å². The van der Waals surface area contributed by atoms with E-state index in [1.54, 1.807) is 30.3 Å². The fraction of sp³-hybridized carbons (Fsp3) is 0.176. The third kappa shape index (κ3) is 4.72. The van der Waals surface area contributed by atoms with E-state index in [4.69, 9.17) is 11.6 Å². The molecule has 23 heavy (non-hydrogen) atoms. The number of carbonyl (C=O) groups is 2. The molecule has 0 spiro atoms. The zero-order valence-corrected chi connectivity index (χ0v) is 13.9. The van der Waals surface area contributed by atoms with Gasteiger partial charge in [0.2, 0.25) is 5.91 Å². The third-order valence-electron chi connectivity index (χ3n) is 3.13. The maximum Gasteiger partial charge on any atom is 0.323 e. The predicted molar refractivity (Wildman–Crippen MR) is 94.3 cm³/mol. The van der Waals surface area contributed by atoms with Crippen LogP contribution in [0.5, 0.6) is 0 Å². The van der Waals surface area contributed by atoms with Gasteiger partial charge in [0.25, 0.3) is 0 Å². The molecule has 120 valence electrons. The van der Waals surface area contributed by atoms with E-state index in [0.717, 1.165) is 11.1 Å². The molecule has 6 heteroatoms. The molecule has 0 fully saturated rings. The number of aryl methyl sites for hydroxylation is 2. The molecule has 0 aliphatic carbocycles. The minimum absolute atomic E-state index is 0.145. The summed E-state index contributed by atoms with van der Waals surface area (Å²) in [6, 6.07) is 10.2. The van der Waals surface area contributed by atoms with Crippen LogP contribution in [0.25, 0.3) is 0 Å². The Kier molecular flexibility index (Phi) is 5.24. The monoisotopic (exact) mass is 331 g/mol. The van der Waals surface area contributed by atoms with E-state index in [-0.39, 0.29) is 11.9 Å². The van der Waals surface area contributed by atoms with Crippen LogP contribution in [-0.2, 0) is 4.79 Å². The van der Waals surface area contributed by atoms with E-state index in [1.165, 1.54) is 6.92 Å². The summed E-state index contributed by atoms with van der Waals surface area (Å²) in [6.07, 6.45) is 0. The lowest BCUT2D eigenvalue weighted by molar-refractivity contribution is -0.114. The standard InChI is InChI=1S/C17H18ClN3O2/c1-10-8-11(2)16(15(18)9-10)21-17(23)20-14-6-4-13(5-7-14)19-12(3)22/h4-9H,1-3H3,(H,19,22)(H2,20,21,23). The van der Waals surface area contributed by atoms with Crippen LogP contribution in [0.15, 0.2) is 36.4 Å². The highest BCUT2D eigenvalue weighted by molar-refractivity contribution is 6.34. The van der Waals surface area contributed by atoms with Crippen LogP contribution in [0, 0.1) is 13.8 Å². The van der Waals surface area contributed by atoms with Crippen LogP contribution >= 0.6 is 11.6 Å². The van der Waals surface area contributed by atoms with E-state index in [2.05, 4.69) is 16.0 Å². The number of nitrogens with one attached hydrogen (secondary N) is 3. The molecule has 3 N–H and O–H groups in total. The van der Waals surface area contributed by atoms with Crippen LogP contribution in [0.1, 0.15) is 18.1 Å². The van der Waals surface area contributed by atoms with Crippen molar-refractivity contribution in [3.8, 4) is 0 Å². The van der Waals surface area contributed by atoms with Gasteiger partial charge in [-0.1, -0.05) is 17.7 Å². The SMILES string of the molecule is CC(=O)Nc1ccc(NC(=O)Nc2c(C)cc(C)cc2Cl)cc1. The molecule has 0 aliphatic rings. The van der Waals surface area contributed by atoms with Gasteiger partial charge in [-0.05, 0) is 55.3 Å². The van der Waals surface area contributed by atoms with Gasteiger partial charge in [-0.15, -0.1) is 0 Å². The van der Waals surface area contributed by atoms with Gasteiger partial charge in [-0.2, -0.15) is 0 Å². The molecular weight excluding hydrogens is 314 g/mol. The van der Waals surface area contributed by atoms with Gasteiger partial charge in [-0.25, -0.2) is 4.79 Å². The van der Waals surface area contributed by atoms with E-state index in [9.17, 15) is 9.59 Å². The average molecular weight is 332 g/mol. The first-order valence-corrected chi connectivity index (χ1v) is 7.45. The molecule has 2 aromatic rings. The number of hydrogen-bond acceptors (Lipinski definition) is 2. The van der Waals surface area contributed by atoms with Gasteiger partial charge >= 0.3 is 6.03 Å². The number of benzene rings is 2. The molecule has 2 rings (SSSR count). The molecule has 0 atom stereocenters. The van der Waals surface area contributed by atoms with Gasteiger partial charge in [0, 0.05) is 18.3 Å². The Morgan fingerprint density at radius 2 is 1.48 bits per heavy atom. The summed E-state index contributed by atoms with van der Waals surface area (Å²) in [7, 11) is 0. The maximum atomic E-state index is 12.1. The molecule has 0 saturated carbocycles. The van der Waals surface area contributed by atoms with E-state index in [1.807, 2.05) is 19.9 Å². The normalized spacial score (nSPS) is 10.1. The highest BCUT2D eigenvalue weighted by Crippen LogP contribution is 2.27. The third-order valence-corrected chi connectivity index (χ3v) is 3.43. The van der Waals surface area contributed by atoms with Crippen LogP contribution in [0.4, 0.5) is 21.9 Å². The van der Waals surface area contributed by atoms with Crippen molar-refractivity contribution in [1.29, 1.82) is 0 Å². The maximum absolute atomic E-state index is 12.1. The van der Waals surface area contributed by atoms with Gasteiger partial charge < -0.3 is 16.0 Å². The molecule has 0 radical (unpaired) electrons. The predicted octanol–water partition coefficient (Wildman–Crippen LogP) is 4.56. The number of amides is 3. The Labute approximate surface area is 140 Å². The first-order valence-electron chi connectivity index (χ1n) is 7.07. The zero-order valence-electron chi connectivity index (χ0n) is 13.2. The second-order valence-corrected chi connectivity index (χ2v) is 5.68. The first-order chi connectivity index (χ1) is 10.8. The molecule has 0 heterocycles. The van der Waals surface area contributed by atoms with Crippen molar-refractivity contribution in [1.82, 2.24) is 0 Å². The molecule has 0 aromatic heterocycles. The van der Waals surface area contributed by atoms with Crippen LogP contribution in [0.2, 0.25) is 5.02 Å². The molecule has 0 bridgehead atoms. The summed E-state index contributed by atoms with van der Waals surface area (Å²) in [5, 5.41) is 8.63. The molecule has 0 unspecified atom stereocenters. The number of urea groups is 1. The molecule has 5 nitrogen and oxygen atoms in total. The minimum atomic E-state index is -0.383. The Hall–Kier alpha value is -2.53. The fourth-order valence-corrected chi connectivity index (χ4v) is 2.56. The fourth-order valence-electron chi connectivity index (χ4n) is 2.19. The minimum Gasteiger partial charge on any atom is -0.326 e. The highest BCUT2D eigenvalue weighted by Gasteiger charge is 2.09. The zero-order chi connectivity index (χ0) is 17.0. The number of halogens is 1. The van der Waals surface area contributed by atoms with Crippen LogP contribution in [0.3, 0.4) is 0 Å². The Morgan fingerprint density at radius 1 is 0.913 bits per heavy atom. The summed E-state index contributed by atoms with van der Waals surface area (Å²) in [5.41, 5.74) is 3.79. The van der Waals surface area contributed by atoms with Crippen molar-refractivity contribution < 1.29 is 9.59 Å². The molecule has 2 aromatic carbocycles. The lowest BCUT2D eigenvalue weighted by atomic mass is 10.1. The molecule has 3 amide bonds. The van der Waals surface area contributed by atoms with E-state index < -0.39 is 0 Å². The lowest BCUT2D eigenvalue weighted by Crippen LogP contribution is -2.20.